The summed E-state index contributed by atoms with van der Waals surface area (Å²) >= 11 is 0. The molecular formula is C25H26N4O3. The number of aromatic nitrogens is 2. The highest BCUT2D eigenvalue weighted by Gasteiger charge is 2.29. The number of para-hydroxylation sites is 1. The van der Waals surface area contributed by atoms with Crippen molar-refractivity contribution in [3.05, 3.63) is 82.7 Å². The third-order valence-corrected chi connectivity index (χ3v) is 6.33. The molecule has 1 aliphatic carbocycles. The molecule has 3 aromatic rings. The van der Waals surface area contributed by atoms with Crippen molar-refractivity contribution in [2.45, 2.75) is 38.4 Å². The van der Waals surface area contributed by atoms with Gasteiger partial charge >= 0.3 is 0 Å². The molecule has 1 N–H and O–H groups in total. The second kappa shape index (κ2) is 8.49. The number of ether oxygens (including phenoxy) is 1. The Balaban J connectivity index is 1.32. The first-order valence-corrected chi connectivity index (χ1v) is 11.0. The zero-order valence-electron chi connectivity index (χ0n) is 18.1. The van der Waals surface area contributed by atoms with Crippen LogP contribution < -0.4 is 10.1 Å². The first-order chi connectivity index (χ1) is 15.6. The summed E-state index contributed by atoms with van der Waals surface area (Å²) in [6.07, 6.45) is 2.98. The van der Waals surface area contributed by atoms with Crippen molar-refractivity contribution >= 4 is 11.8 Å². The molecule has 1 aromatic heterocycles. The highest BCUT2D eigenvalue weighted by atomic mass is 16.5. The zero-order chi connectivity index (χ0) is 22.1. The fourth-order valence-corrected chi connectivity index (χ4v) is 4.68. The van der Waals surface area contributed by atoms with Crippen LogP contribution in [-0.2, 0) is 19.5 Å². The number of hydrogen-bond donors (Lipinski definition) is 1. The molecule has 5 rings (SSSR count). The number of benzene rings is 2. The molecule has 0 spiro atoms. The van der Waals surface area contributed by atoms with Crippen LogP contribution in [0.3, 0.4) is 0 Å². The van der Waals surface area contributed by atoms with Gasteiger partial charge in [0.1, 0.15) is 11.4 Å². The summed E-state index contributed by atoms with van der Waals surface area (Å²) < 4.78 is 7.06. The van der Waals surface area contributed by atoms with E-state index in [1.165, 1.54) is 11.1 Å². The third-order valence-electron chi connectivity index (χ3n) is 6.33. The molecule has 2 amide bonds. The Hall–Kier alpha value is -3.61. The van der Waals surface area contributed by atoms with E-state index in [1.54, 1.807) is 22.8 Å². The second-order valence-electron chi connectivity index (χ2n) is 8.29. The van der Waals surface area contributed by atoms with E-state index in [-0.39, 0.29) is 23.6 Å². The predicted octanol–water partition coefficient (Wildman–Crippen LogP) is 3.36. The van der Waals surface area contributed by atoms with Crippen molar-refractivity contribution in [2.75, 3.05) is 13.7 Å². The van der Waals surface area contributed by atoms with Crippen molar-refractivity contribution < 1.29 is 14.3 Å². The Kier molecular flexibility index (Phi) is 5.39. The van der Waals surface area contributed by atoms with Crippen molar-refractivity contribution in [2.24, 2.45) is 0 Å². The molecule has 2 aliphatic rings. The average Bonchev–Trinajstić information content (AvgIpc) is 3.27. The number of fused-ring (bicyclic) bond motifs is 2. The van der Waals surface area contributed by atoms with E-state index in [9.17, 15) is 9.59 Å². The van der Waals surface area contributed by atoms with Crippen LogP contribution in [0.15, 0.2) is 54.6 Å². The quantitative estimate of drug-likeness (QED) is 0.674. The molecule has 1 unspecified atom stereocenters. The smallest absolute Gasteiger partial charge is 0.272 e. The number of aryl methyl sites for hydroxylation is 1. The summed E-state index contributed by atoms with van der Waals surface area (Å²) in [6.45, 7) is 1.53. The molecule has 0 radical (unpaired) electrons. The predicted molar refractivity (Wildman–Crippen MR) is 120 cm³/mol. The highest BCUT2D eigenvalue weighted by Crippen LogP contribution is 2.30. The van der Waals surface area contributed by atoms with Crippen molar-refractivity contribution in [1.82, 2.24) is 20.0 Å². The lowest BCUT2D eigenvalue weighted by atomic mass is 9.87. The van der Waals surface area contributed by atoms with E-state index in [0.717, 1.165) is 30.6 Å². The number of carbonyl (C=O) groups is 2. The van der Waals surface area contributed by atoms with Crippen molar-refractivity contribution in [3.8, 4) is 5.75 Å². The normalized spacial score (nSPS) is 17.5. The van der Waals surface area contributed by atoms with Gasteiger partial charge in [-0.2, -0.15) is 5.10 Å². The molecule has 2 heterocycles. The molecule has 0 saturated heterocycles. The molecule has 164 valence electrons. The average molecular weight is 431 g/mol. The van der Waals surface area contributed by atoms with Crippen LogP contribution in [0.5, 0.6) is 5.75 Å². The van der Waals surface area contributed by atoms with Crippen LogP contribution in [0.2, 0.25) is 0 Å². The third kappa shape index (κ3) is 3.75. The Morgan fingerprint density at radius 3 is 2.84 bits per heavy atom. The summed E-state index contributed by atoms with van der Waals surface area (Å²) in [7, 11) is 1.63. The summed E-state index contributed by atoms with van der Waals surface area (Å²) in [5, 5.41) is 7.56. The first-order valence-electron chi connectivity index (χ1n) is 11.0. The van der Waals surface area contributed by atoms with E-state index in [4.69, 9.17) is 4.74 Å². The monoisotopic (exact) mass is 430 g/mol. The Morgan fingerprint density at radius 2 is 1.97 bits per heavy atom. The van der Waals surface area contributed by atoms with Crippen LogP contribution in [-0.4, -0.2) is 40.1 Å². The van der Waals surface area contributed by atoms with Gasteiger partial charge in [0.25, 0.3) is 11.8 Å². The number of nitrogens with one attached hydrogen (secondary N) is 1. The van der Waals surface area contributed by atoms with Gasteiger partial charge in [0, 0.05) is 24.7 Å². The van der Waals surface area contributed by atoms with Gasteiger partial charge in [-0.25, -0.2) is 0 Å². The summed E-state index contributed by atoms with van der Waals surface area (Å²) in [5.41, 5.74) is 4.15. The summed E-state index contributed by atoms with van der Waals surface area (Å²) in [4.78, 5) is 27.8. The van der Waals surface area contributed by atoms with Gasteiger partial charge in [-0.05, 0) is 36.5 Å². The molecule has 1 aliphatic heterocycles. The number of carbonyl (C=O) groups excluding carboxylic acids is 2. The molecule has 7 nitrogen and oxygen atoms in total. The number of nitrogens with zero attached hydrogens (tertiary/aromatic N) is 3. The lowest BCUT2D eigenvalue weighted by Gasteiger charge is -2.28. The standard InChI is InChI=1S/C25H26N4O3/c1-32-23-12-5-3-8-18(23)16-28-13-14-29-22(25(28)31)15-21(27-29)24(30)26-20-11-6-9-17-7-2-4-10-19(17)20/h2-5,7-8,10,12,15,20H,6,9,11,13-14,16H2,1H3,(H,26,30). The molecule has 0 saturated carbocycles. The van der Waals surface area contributed by atoms with E-state index in [1.807, 2.05) is 36.4 Å². The fraction of sp³-hybridized carbons (Fsp3) is 0.320. The van der Waals surface area contributed by atoms with Gasteiger partial charge in [-0.15, -0.1) is 0 Å². The van der Waals surface area contributed by atoms with Gasteiger partial charge in [-0.1, -0.05) is 42.5 Å². The SMILES string of the molecule is COc1ccccc1CN1CCn2nc(C(=O)NC3CCCc4ccccc43)cc2C1=O. The Morgan fingerprint density at radius 1 is 1.16 bits per heavy atom. The Labute approximate surface area is 187 Å². The van der Waals surface area contributed by atoms with E-state index in [0.29, 0.717) is 25.3 Å². The first kappa shape index (κ1) is 20.3. The van der Waals surface area contributed by atoms with E-state index < -0.39 is 0 Å². The van der Waals surface area contributed by atoms with E-state index in [2.05, 4.69) is 22.5 Å². The zero-order valence-corrected chi connectivity index (χ0v) is 18.1. The maximum Gasteiger partial charge on any atom is 0.272 e. The summed E-state index contributed by atoms with van der Waals surface area (Å²) in [5.74, 6) is 0.390. The van der Waals surface area contributed by atoms with Crippen LogP contribution in [0.25, 0.3) is 0 Å². The minimum atomic E-state index is -0.238. The maximum atomic E-state index is 13.1. The lowest BCUT2D eigenvalue weighted by molar-refractivity contribution is 0.0681. The van der Waals surface area contributed by atoms with Crippen LogP contribution >= 0.6 is 0 Å². The molecule has 1 atom stereocenters. The largest absolute Gasteiger partial charge is 0.496 e. The fourth-order valence-electron chi connectivity index (χ4n) is 4.68. The van der Waals surface area contributed by atoms with E-state index >= 15 is 0 Å². The van der Waals surface area contributed by atoms with Gasteiger partial charge in [0.2, 0.25) is 0 Å². The minimum Gasteiger partial charge on any atom is -0.496 e. The molecule has 32 heavy (non-hydrogen) atoms. The highest BCUT2D eigenvalue weighted by molar-refractivity contribution is 5.98. The van der Waals surface area contributed by atoms with Crippen molar-refractivity contribution in [1.29, 1.82) is 0 Å². The van der Waals surface area contributed by atoms with Gasteiger partial charge < -0.3 is 15.0 Å². The van der Waals surface area contributed by atoms with Crippen molar-refractivity contribution in [3.63, 3.8) is 0 Å². The number of rotatable bonds is 5. The lowest BCUT2D eigenvalue weighted by Crippen LogP contribution is -2.39. The minimum absolute atomic E-state index is 0.0241. The summed E-state index contributed by atoms with van der Waals surface area (Å²) in [6, 6.07) is 17.5. The van der Waals surface area contributed by atoms with Gasteiger partial charge in [0.15, 0.2) is 5.69 Å². The number of methoxy groups -OCH3 is 1. The topological polar surface area (TPSA) is 76.5 Å². The molecule has 7 heteroatoms. The van der Waals surface area contributed by atoms with Crippen LogP contribution in [0, 0.1) is 0 Å². The van der Waals surface area contributed by atoms with Crippen LogP contribution in [0.4, 0.5) is 0 Å². The maximum absolute atomic E-state index is 13.1. The number of hydrogen-bond acceptors (Lipinski definition) is 4. The molecule has 0 fully saturated rings. The Bertz CT molecular complexity index is 1170. The molecule has 2 aromatic carbocycles. The van der Waals surface area contributed by atoms with Gasteiger partial charge in [0.05, 0.1) is 19.7 Å². The van der Waals surface area contributed by atoms with Gasteiger partial charge in [-0.3, -0.25) is 14.3 Å². The number of amides is 2. The van der Waals surface area contributed by atoms with Crippen LogP contribution in [0.1, 0.15) is 56.6 Å². The second-order valence-corrected chi connectivity index (χ2v) is 8.29. The molecular weight excluding hydrogens is 404 g/mol. The molecule has 0 bridgehead atoms.